The third-order valence-electron chi connectivity index (χ3n) is 5.13. The minimum atomic E-state index is -0.733. The maximum atomic E-state index is 12.9. The van der Waals surface area contributed by atoms with Gasteiger partial charge in [-0.1, -0.05) is 6.07 Å². The van der Waals surface area contributed by atoms with Gasteiger partial charge in [-0.05, 0) is 50.6 Å². The van der Waals surface area contributed by atoms with E-state index < -0.39 is 5.54 Å². The molecule has 0 saturated carbocycles. The van der Waals surface area contributed by atoms with Crippen LogP contribution in [0.1, 0.15) is 24.2 Å². The van der Waals surface area contributed by atoms with Gasteiger partial charge in [0.2, 0.25) is 0 Å². The number of hydrogen-bond acceptors (Lipinski definition) is 4. The number of imidazole rings is 1. The highest BCUT2D eigenvalue weighted by molar-refractivity contribution is 6.07. The van der Waals surface area contributed by atoms with Crippen molar-refractivity contribution in [2.24, 2.45) is 7.05 Å². The van der Waals surface area contributed by atoms with E-state index in [9.17, 15) is 9.59 Å². The highest BCUT2D eigenvalue weighted by Gasteiger charge is 2.51. The Balaban J connectivity index is 1.64. The molecule has 0 radical (unpaired) electrons. The van der Waals surface area contributed by atoms with E-state index in [2.05, 4.69) is 15.6 Å². The van der Waals surface area contributed by atoms with Crippen LogP contribution in [0.2, 0.25) is 0 Å². The molecule has 7 nitrogen and oxygen atoms in total. The molecule has 2 N–H and O–H groups in total. The second-order valence-electron chi connectivity index (χ2n) is 6.73. The van der Waals surface area contributed by atoms with Crippen LogP contribution in [-0.2, 0) is 18.4 Å². The predicted octanol–water partition coefficient (Wildman–Crippen LogP) is 1.06. The molecule has 1 spiro atoms. The number of benzene rings is 1. The molecule has 2 saturated heterocycles. The fraction of sp³-hybridized carbons (Fsp3) is 0.471. The summed E-state index contributed by atoms with van der Waals surface area (Å²) in [6, 6.07) is 5.75. The number of imide groups is 1. The van der Waals surface area contributed by atoms with Crippen molar-refractivity contribution in [1.82, 2.24) is 25.1 Å². The van der Waals surface area contributed by atoms with Gasteiger partial charge in [-0.3, -0.25) is 9.69 Å². The summed E-state index contributed by atoms with van der Waals surface area (Å²) < 4.78 is 1.95. The summed E-state index contributed by atoms with van der Waals surface area (Å²) in [5.41, 5.74) is 2.29. The summed E-state index contributed by atoms with van der Waals surface area (Å²) >= 11 is 0. The van der Waals surface area contributed by atoms with Crippen molar-refractivity contribution in [3.05, 3.63) is 29.6 Å². The molecule has 2 aliphatic heterocycles. The van der Waals surface area contributed by atoms with Gasteiger partial charge in [0.05, 0.1) is 17.6 Å². The van der Waals surface area contributed by atoms with Crippen LogP contribution in [0.15, 0.2) is 18.2 Å². The fourth-order valence-electron chi connectivity index (χ4n) is 3.65. The number of carbonyl (C=O) groups excluding carboxylic acids is 2. The van der Waals surface area contributed by atoms with E-state index in [1.807, 2.05) is 36.7 Å². The largest absolute Gasteiger partial charge is 0.330 e. The van der Waals surface area contributed by atoms with Crippen molar-refractivity contribution >= 4 is 23.0 Å². The molecule has 2 aliphatic rings. The van der Waals surface area contributed by atoms with Gasteiger partial charge in [-0.15, -0.1) is 0 Å². The monoisotopic (exact) mass is 327 g/mol. The van der Waals surface area contributed by atoms with E-state index >= 15 is 0 Å². The molecule has 7 heteroatoms. The number of fused-ring (bicyclic) bond motifs is 1. The van der Waals surface area contributed by atoms with Gasteiger partial charge in [0.25, 0.3) is 5.91 Å². The molecule has 24 heavy (non-hydrogen) atoms. The number of carbonyl (C=O) groups is 2. The molecule has 0 atom stereocenters. The van der Waals surface area contributed by atoms with Crippen LogP contribution in [0.4, 0.5) is 4.79 Å². The highest BCUT2D eigenvalue weighted by Crippen LogP contribution is 2.28. The predicted molar refractivity (Wildman–Crippen MR) is 89.4 cm³/mol. The Labute approximate surface area is 140 Å². The first kappa shape index (κ1) is 15.1. The third kappa shape index (κ3) is 2.19. The maximum absolute atomic E-state index is 12.9. The quantitative estimate of drug-likeness (QED) is 0.808. The van der Waals surface area contributed by atoms with Crippen LogP contribution in [0, 0.1) is 6.92 Å². The van der Waals surface area contributed by atoms with Gasteiger partial charge in [0.1, 0.15) is 11.4 Å². The van der Waals surface area contributed by atoms with Gasteiger partial charge in [0.15, 0.2) is 0 Å². The normalized spacial score (nSPS) is 20.2. The SMILES string of the molecule is Cc1ccc2c(c1)nc(CN1C(=O)NC3(CCNCC3)C1=O)n2C. The first-order valence-electron chi connectivity index (χ1n) is 8.27. The number of nitrogens with zero attached hydrogens (tertiary/aromatic N) is 3. The zero-order valence-corrected chi connectivity index (χ0v) is 13.9. The van der Waals surface area contributed by atoms with E-state index in [1.165, 1.54) is 4.90 Å². The average molecular weight is 327 g/mol. The lowest BCUT2D eigenvalue weighted by Crippen LogP contribution is -2.53. The van der Waals surface area contributed by atoms with Crippen molar-refractivity contribution in [2.75, 3.05) is 13.1 Å². The second-order valence-corrected chi connectivity index (χ2v) is 6.73. The number of hydrogen-bond donors (Lipinski definition) is 2. The van der Waals surface area contributed by atoms with Gasteiger partial charge in [-0.25, -0.2) is 9.78 Å². The average Bonchev–Trinajstić information content (AvgIpc) is 2.98. The third-order valence-corrected chi connectivity index (χ3v) is 5.13. The van der Waals surface area contributed by atoms with E-state index in [4.69, 9.17) is 0 Å². The summed E-state index contributed by atoms with van der Waals surface area (Å²) in [6.07, 6.45) is 1.27. The van der Waals surface area contributed by atoms with Crippen LogP contribution in [0.5, 0.6) is 0 Å². The molecule has 0 unspecified atom stereocenters. The highest BCUT2D eigenvalue weighted by atomic mass is 16.2. The Bertz CT molecular complexity index is 835. The van der Waals surface area contributed by atoms with Crippen molar-refractivity contribution in [3.8, 4) is 0 Å². The van der Waals surface area contributed by atoms with E-state index in [1.54, 1.807) is 0 Å². The number of amides is 3. The van der Waals surface area contributed by atoms with Crippen LogP contribution in [-0.4, -0.2) is 45.0 Å². The zero-order valence-electron chi connectivity index (χ0n) is 13.9. The van der Waals surface area contributed by atoms with Crippen LogP contribution < -0.4 is 10.6 Å². The van der Waals surface area contributed by atoms with Crippen LogP contribution in [0.25, 0.3) is 11.0 Å². The number of urea groups is 1. The van der Waals surface area contributed by atoms with E-state index in [-0.39, 0.29) is 18.5 Å². The zero-order chi connectivity index (χ0) is 16.9. The number of piperidine rings is 1. The Kier molecular flexibility index (Phi) is 3.35. The molecule has 1 aromatic heterocycles. The molecule has 4 rings (SSSR count). The number of aromatic nitrogens is 2. The smallest absolute Gasteiger partial charge is 0.325 e. The Morgan fingerprint density at radius 1 is 1.25 bits per heavy atom. The molecular weight excluding hydrogens is 306 g/mol. The first-order valence-corrected chi connectivity index (χ1v) is 8.27. The molecule has 126 valence electrons. The van der Waals surface area contributed by atoms with Crippen molar-refractivity contribution in [3.63, 3.8) is 0 Å². The van der Waals surface area contributed by atoms with Crippen LogP contribution >= 0.6 is 0 Å². The molecular formula is C17H21N5O2. The summed E-state index contributed by atoms with van der Waals surface area (Å²) in [7, 11) is 1.92. The van der Waals surface area contributed by atoms with Gasteiger partial charge in [0, 0.05) is 7.05 Å². The van der Waals surface area contributed by atoms with Gasteiger partial charge in [-0.2, -0.15) is 0 Å². The topological polar surface area (TPSA) is 79.3 Å². The minimum absolute atomic E-state index is 0.128. The van der Waals surface area contributed by atoms with E-state index in [0.717, 1.165) is 29.7 Å². The Morgan fingerprint density at radius 3 is 2.75 bits per heavy atom. The number of nitrogens with one attached hydrogen (secondary N) is 2. The second kappa shape index (κ2) is 5.31. The number of rotatable bonds is 2. The lowest BCUT2D eigenvalue weighted by molar-refractivity contribution is -0.132. The van der Waals surface area contributed by atoms with E-state index in [0.29, 0.717) is 18.7 Å². The summed E-state index contributed by atoms with van der Waals surface area (Å²) in [6.45, 7) is 3.70. The fourth-order valence-corrected chi connectivity index (χ4v) is 3.65. The summed E-state index contributed by atoms with van der Waals surface area (Å²) in [5, 5.41) is 6.14. The molecule has 0 aliphatic carbocycles. The van der Waals surface area contributed by atoms with Crippen molar-refractivity contribution < 1.29 is 9.59 Å². The molecule has 3 heterocycles. The lowest BCUT2D eigenvalue weighted by Gasteiger charge is -2.31. The van der Waals surface area contributed by atoms with Gasteiger partial charge >= 0.3 is 6.03 Å². The lowest BCUT2D eigenvalue weighted by atomic mass is 9.88. The minimum Gasteiger partial charge on any atom is -0.330 e. The summed E-state index contributed by atoms with van der Waals surface area (Å²) in [5.74, 6) is 0.585. The van der Waals surface area contributed by atoms with Crippen molar-refractivity contribution in [1.29, 1.82) is 0 Å². The Hall–Kier alpha value is -2.41. The molecule has 3 amide bonds. The molecule has 2 fully saturated rings. The molecule has 2 aromatic rings. The van der Waals surface area contributed by atoms with Gasteiger partial charge < -0.3 is 15.2 Å². The summed E-state index contributed by atoms with van der Waals surface area (Å²) in [4.78, 5) is 31.2. The molecule has 0 bridgehead atoms. The first-order chi connectivity index (χ1) is 11.5. The number of aryl methyl sites for hydroxylation is 2. The maximum Gasteiger partial charge on any atom is 0.325 e. The molecule has 1 aromatic carbocycles. The standard InChI is InChI=1S/C17H21N5O2/c1-11-3-4-13-12(9-11)19-14(21(13)2)10-22-15(23)17(20-16(22)24)5-7-18-8-6-17/h3-4,9,18H,5-8,10H2,1-2H3,(H,20,24). The van der Waals surface area contributed by atoms with Crippen molar-refractivity contribution in [2.45, 2.75) is 31.8 Å². The van der Waals surface area contributed by atoms with Crippen LogP contribution in [0.3, 0.4) is 0 Å². The Morgan fingerprint density at radius 2 is 2.00 bits per heavy atom.